The Bertz CT molecular complexity index is 990. The molecule has 0 spiro atoms. The van der Waals surface area contributed by atoms with Gasteiger partial charge in [-0.3, -0.25) is 10.2 Å². The van der Waals surface area contributed by atoms with Gasteiger partial charge in [-0.2, -0.15) is 0 Å². The first kappa shape index (κ1) is 18.6. The van der Waals surface area contributed by atoms with E-state index in [0.717, 1.165) is 37.2 Å². The molecule has 2 N–H and O–H groups in total. The Morgan fingerprint density at radius 3 is 2.61 bits per heavy atom. The van der Waals surface area contributed by atoms with Crippen molar-refractivity contribution < 1.29 is 4.79 Å². The summed E-state index contributed by atoms with van der Waals surface area (Å²) in [4.78, 5) is 14.7. The fourth-order valence-corrected chi connectivity index (χ4v) is 4.05. The van der Waals surface area contributed by atoms with Gasteiger partial charge in [0.2, 0.25) is 0 Å². The molecule has 9 heteroatoms. The SMILES string of the molecule is N=C(c1ccc(-n2cc(CNC(=O)c3ccc(Cl)s3)nn2)cc1)N1CCCC1. The molecule has 0 atom stereocenters. The number of carbonyl (C=O) groups is 1. The van der Waals surface area contributed by atoms with E-state index in [-0.39, 0.29) is 12.5 Å². The van der Waals surface area contributed by atoms with Crippen molar-refractivity contribution in [2.45, 2.75) is 19.4 Å². The topological polar surface area (TPSA) is 86.9 Å². The largest absolute Gasteiger partial charge is 0.357 e. The van der Waals surface area contributed by atoms with E-state index >= 15 is 0 Å². The Morgan fingerprint density at radius 2 is 1.93 bits per heavy atom. The van der Waals surface area contributed by atoms with Crippen LogP contribution in [0, 0.1) is 5.41 Å². The van der Waals surface area contributed by atoms with Gasteiger partial charge in [0.05, 0.1) is 27.6 Å². The van der Waals surface area contributed by atoms with Crippen molar-refractivity contribution in [1.82, 2.24) is 25.2 Å². The Kier molecular flexibility index (Phi) is 5.40. The number of hydrogen-bond acceptors (Lipinski definition) is 5. The van der Waals surface area contributed by atoms with Crippen molar-refractivity contribution in [3.05, 3.63) is 63.1 Å². The Balaban J connectivity index is 1.38. The summed E-state index contributed by atoms with van der Waals surface area (Å²) < 4.78 is 2.24. The molecule has 1 aliphatic heterocycles. The first-order valence-electron chi connectivity index (χ1n) is 8.99. The summed E-state index contributed by atoms with van der Waals surface area (Å²) in [6.07, 6.45) is 4.08. The number of nitrogens with one attached hydrogen (secondary N) is 2. The van der Waals surface area contributed by atoms with Crippen molar-refractivity contribution in [2.24, 2.45) is 0 Å². The number of thiophene rings is 1. The first-order valence-corrected chi connectivity index (χ1v) is 10.2. The van der Waals surface area contributed by atoms with Crippen molar-refractivity contribution in [2.75, 3.05) is 13.1 Å². The predicted octanol–water partition coefficient (Wildman–Crippen LogP) is 3.33. The van der Waals surface area contributed by atoms with Crippen LogP contribution in [-0.2, 0) is 6.54 Å². The standard InChI is InChI=1S/C19H19ClN6OS/c20-17-8-7-16(28-17)19(27)22-11-14-12-26(24-23-14)15-5-3-13(4-6-15)18(21)25-9-1-2-10-25/h3-8,12,21H,1-2,9-11H2,(H,22,27). The Morgan fingerprint density at radius 1 is 1.18 bits per heavy atom. The number of likely N-dealkylation sites (tertiary alicyclic amines) is 1. The zero-order chi connectivity index (χ0) is 19.5. The smallest absolute Gasteiger partial charge is 0.261 e. The first-order chi connectivity index (χ1) is 13.6. The molecule has 1 amide bonds. The lowest BCUT2D eigenvalue weighted by molar-refractivity contribution is 0.0954. The fraction of sp³-hybridized carbons (Fsp3) is 0.263. The molecule has 0 aliphatic carbocycles. The highest BCUT2D eigenvalue weighted by Crippen LogP contribution is 2.21. The number of amidine groups is 1. The zero-order valence-electron chi connectivity index (χ0n) is 15.1. The molecule has 4 rings (SSSR count). The molecule has 0 saturated carbocycles. The van der Waals surface area contributed by atoms with E-state index in [1.165, 1.54) is 11.3 Å². The molecule has 7 nitrogen and oxygen atoms in total. The predicted molar refractivity (Wildman–Crippen MR) is 109 cm³/mol. The minimum absolute atomic E-state index is 0.184. The summed E-state index contributed by atoms with van der Waals surface area (Å²) in [5.41, 5.74) is 2.41. The molecule has 1 saturated heterocycles. The molecular formula is C19H19ClN6OS. The van der Waals surface area contributed by atoms with Crippen LogP contribution in [0.25, 0.3) is 5.69 Å². The minimum atomic E-state index is -0.184. The van der Waals surface area contributed by atoms with E-state index in [1.54, 1.807) is 23.0 Å². The third-order valence-electron chi connectivity index (χ3n) is 4.60. The van der Waals surface area contributed by atoms with Crippen LogP contribution in [0.1, 0.15) is 33.8 Å². The average Bonchev–Trinajstić information content (AvgIpc) is 3.47. The second-order valence-corrected chi connectivity index (χ2v) is 8.25. The zero-order valence-corrected chi connectivity index (χ0v) is 16.6. The maximum atomic E-state index is 12.1. The van der Waals surface area contributed by atoms with Gasteiger partial charge in [-0.1, -0.05) is 16.8 Å². The van der Waals surface area contributed by atoms with Crippen LogP contribution in [-0.4, -0.2) is 44.7 Å². The molecule has 1 aromatic carbocycles. The molecule has 3 heterocycles. The van der Waals surface area contributed by atoms with Crippen LogP contribution in [0.5, 0.6) is 0 Å². The number of hydrogen-bond donors (Lipinski definition) is 2. The third kappa shape index (κ3) is 4.07. The molecule has 0 bridgehead atoms. The fourth-order valence-electron chi connectivity index (χ4n) is 3.10. The van der Waals surface area contributed by atoms with E-state index in [1.807, 2.05) is 24.3 Å². The van der Waals surface area contributed by atoms with Crippen LogP contribution in [0.3, 0.4) is 0 Å². The van der Waals surface area contributed by atoms with E-state index in [2.05, 4.69) is 20.5 Å². The number of benzene rings is 1. The van der Waals surface area contributed by atoms with Gasteiger partial charge in [-0.15, -0.1) is 16.4 Å². The number of rotatable bonds is 5. The molecule has 0 unspecified atom stereocenters. The second-order valence-electron chi connectivity index (χ2n) is 6.53. The average molecular weight is 415 g/mol. The van der Waals surface area contributed by atoms with Gasteiger partial charge >= 0.3 is 0 Å². The number of nitrogens with zero attached hydrogens (tertiary/aromatic N) is 4. The lowest BCUT2D eigenvalue weighted by Crippen LogP contribution is -2.27. The summed E-state index contributed by atoms with van der Waals surface area (Å²) in [7, 11) is 0. The molecule has 28 heavy (non-hydrogen) atoms. The second kappa shape index (κ2) is 8.12. The minimum Gasteiger partial charge on any atom is -0.357 e. The van der Waals surface area contributed by atoms with Crippen LogP contribution in [0.4, 0.5) is 0 Å². The Labute approximate surface area is 171 Å². The van der Waals surface area contributed by atoms with Crippen molar-refractivity contribution in [3.8, 4) is 5.69 Å². The molecule has 3 aromatic rings. The number of aromatic nitrogens is 3. The van der Waals surface area contributed by atoms with E-state index < -0.39 is 0 Å². The number of halogens is 1. The van der Waals surface area contributed by atoms with Crippen LogP contribution in [0.15, 0.2) is 42.6 Å². The molecule has 2 aromatic heterocycles. The summed E-state index contributed by atoms with van der Waals surface area (Å²) in [6.45, 7) is 2.19. The maximum Gasteiger partial charge on any atom is 0.261 e. The molecule has 1 fully saturated rings. The number of carbonyl (C=O) groups excluding carboxylic acids is 1. The third-order valence-corrected chi connectivity index (χ3v) is 5.83. The lowest BCUT2D eigenvalue weighted by atomic mass is 10.1. The quantitative estimate of drug-likeness (QED) is 0.495. The van der Waals surface area contributed by atoms with Gasteiger partial charge in [0, 0.05) is 18.7 Å². The van der Waals surface area contributed by atoms with Crippen molar-refractivity contribution >= 4 is 34.7 Å². The van der Waals surface area contributed by atoms with Gasteiger partial charge in [0.15, 0.2) is 0 Å². The monoisotopic (exact) mass is 414 g/mol. The number of amides is 1. The summed E-state index contributed by atoms with van der Waals surface area (Å²) in [5.74, 6) is 0.385. The lowest BCUT2D eigenvalue weighted by Gasteiger charge is -2.18. The van der Waals surface area contributed by atoms with Crippen molar-refractivity contribution in [3.63, 3.8) is 0 Å². The van der Waals surface area contributed by atoms with Gasteiger partial charge in [0.25, 0.3) is 5.91 Å². The Hall–Kier alpha value is -2.71. The van der Waals surface area contributed by atoms with Crippen LogP contribution < -0.4 is 5.32 Å². The van der Waals surface area contributed by atoms with Gasteiger partial charge in [-0.05, 0) is 49.2 Å². The highest BCUT2D eigenvalue weighted by atomic mass is 35.5. The van der Waals surface area contributed by atoms with E-state index in [0.29, 0.717) is 20.7 Å². The molecular weight excluding hydrogens is 396 g/mol. The summed E-state index contributed by atoms with van der Waals surface area (Å²) >= 11 is 7.09. The van der Waals surface area contributed by atoms with Crippen molar-refractivity contribution in [1.29, 1.82) is 5.41 Å². The molecule has 0 radical (unpaired) electrons. The van der Waals surface area contributed by atoms with Crippen LogP contribution >= 0.6 is 22.9 Å². The van der Waals surface area contributed by atoms with Gasteiger partial charge in [-0.25, -0.2) is 4.68 Å². The van der Waals surface area contributed by atoms with E-state index in [4.69, 9.17) is 17.0 Å². The highest BCUT2D eigenvalue weighted by molar-refractivity contribution is 7.17. The van der Waals surface area contributed by atoms with Crippen LogP contribution in [0.2, 0.25) is 4.34 Å². The highest BCUT2D eigenvalue weighted by Gasteiger charge is 2.16. The maximum absolute atomic E-state index is 12.1. The summed E-state index contributed by atoms with van der Waals surface area (Å²) in [6, 6.07) is 11.1. The molecule has 144 valence electrons. The van der Waals surface area contributed by atoms with Gasteiger partial charge < -0.3 is 10.2 Å². The normalized spacial score (nSPS) is 13.7. The summed E-state index contributed by atoms with van der Waals surface area (Å²) in [5, 5.41) is 19.4. The van der Waals surface area contributed by atoms with Gasteiger partial charge in [0.1, 0.15) is 11.5 Å². The molecule has 1 aliphatic rings. The van der Waals surface area contributed by atoms with E-state index in [9.17, 15) is 4.79 Å².